The lowest BCUT2D eigenvalue weighted by Gasteiger charge is -2.31. The Morgan fingerprint density at radius 3 is 2.44 bits per heavy atom. The van der Waals surface area contributed by atoms with Crippen LogP contribution >= 0.6 is 12.4 Å². The molecule has 0 bridgehead atoms. The standard InChI is InChI=1S/C13H25N3O.ClH/c14-12(10-11-4-2-1-3-5-11)13(17)16-8-6-15-7-9-16;/h11-12,15H,1-10,14H2;1H. The molecule has 5 heteroatoms. The number of nitrogens with two attached hydrogens (primary N) is 1. The van der Waals surface area contributed by atoms with Gasteiger partial charge in [-0.1, -0.05) is 32.1 Å². The maximum atomic E-state index is 12.1. The average Bonchev–Trinajstić information content (AvgIpc) is 2.40. The van der Waals surface area contributed by atoms with Crippen LogP contribution in [0.4, 0.5) is 0 Å². The van der Waals surface area contributed by atoms with Gasteiger partial charge < -0.3 is 16.0 Å². The lowest BCUT2D eigenvalue weighted by Crippen LogP contribution is -2.52. The van der Waals surface area contributed by atoms with Gasteiger partial charge in [0.15, 0.2) is 0 Å². The van der Waals surface area contributed by atoms with Crippen molar-refractivity contribution >= 4 is 18.3 Å². The summed E-state index contributed by atoms with van der Waals surface area (Å²) in [4.78, 5) is 14.1. The Morgan fingerprint density at radius 1 is 1.22 bits per heavy atom. The van der Waals surface area contributed by atoms with Crippen molar-refractivity contribution in [3.8, 4) is 0 Å². The molecule has 1 atom stereocenters. The van der Waals surface area contributed by atoms with E-state index < -0.39 is 0 Å². The second-order valence-corrected chi connectivity index (χ2v) is 5.42. The van der Waals surface area contributed by atoms with Crippen LogP contribution in [0.5, 0.6) is 0 Å². The third-order valence-corrected chi connectivity index (χ3v) is 4.06. The predicted octanol–water partition coefficient (Wildman–Crippen LogP) is 1.14. The molecular formula is C13H26ClN3O. The van der Waals surface area contributed by atoms with E-state index in [1.165, 1.54) is 32.1 Å². The maximum Gasteiger partial charge on any atom is 0.239 e. The predicted molar refractivity (Wildman–Crippen MR) is 75.9 cm³/mol. The van der Waals surface area contributed by atoms with Crippen LogP contribution in [-0.2, 0) is 4.79 Å². The van der Waals surface area contributed by atoms with Crippen LogP contribution in [0.3, 0.4) is 0 Å². The molecule has 4 nitrogen and oxygen atoms in total. The zero-order valence-electron chi connectivity index (χ0n) is 11.1. The fourth-order valence-corrected chi connectivity index (χ4v) is 3.00. The van der Waals surface area contributed by atoms with Gasteiger partial charge in [-0.15, -0.1) is 12.4 Å². The van der Waals surface area contributed by atoms with Gasteiger partial charge in [-0.25, -0.2) is 0 Å². The molecule has 2 aliphatic rings. The molecule has 2 rings (SSSR count). The molecular weight excluding hydrogens is 250 g/mol. The van der Waals surface area contributed by atoms with Crippen LogP contribution in [0.2, 0.25) is 0 Å². The van der Waals surface area contributed by atoms with E-state index in [9.17, 15) is 4.79 Å². The first-order chi connectivity index (χ1) is 8.27. The Labute approximate surface area is 116 Å². The van der Waals surface area contributed by atoms with Gasteiger partial charge in [-0.05, 0) is 12.3 Å². The van der Waals surface area contributed by atoms with Crippen LogP contribution in [0.25, 0.3) is 0 Å². The van der Waals surface area contributed by atoms with E-state index in [1.54, 1.807) is 0 Å². The molecule has 106 valence electrons. The molecule has 1 saturated carbocycles. The second-order valence-electron chi connectivity index (χ2n) is 5.42. The van der Waals surface area contributed by atoms with Crippen LogP contribution in [0.15, 0.2) is 0 Å². The summed E-state index contributed by atoms with van der Waals surface area (Å²) in [6.45, 7) is 3.44. The highest BCUT2D eigenvalue weighted by molar-refractivity contribution is 5.85. The fraction of sp³-hybridized carbons (Fsp3) is 0.923. The summed E-state index contributed by atoms with van der Waals surface area (Å²) in [5, 5.41) is 3.26. The van der Waals surface area contributed by atoms with Gasteiger partial charge in [0.25, 0.3) is 0 Å². The molecule has 18 heavy (non-hydrogen) atoms. The van der Waals surface area contributed by atoms with E-state index >= 15 is 0 Å². The van der Waals surface area contributed by atoms with Gasteiger partial charge >= 0.3 is 0 Å². The Hall–Kier alpha value is -0.320. The molecule has 0 aromatic carbocycles. The van der Waals surface area contributed by atoms with Crippen molar-refractivity contribution < 1.29 is 4.79 Å². The van der Waals surface area contributed by atoms with Crippen molar-refractivity contribution in [3.05, 3.63) is 0 Å². The number of hydrogen-bond donors (Lipinski definition) is 2. The molecule has 0 aromatic heterocycles. The molecule has 0 aromatic rings. The summed E-state index contributed by atoms with van der Waals surface area (Å²) in [6, 6.07) is -0.267. The summed E-state index contributed by atoms with van der Waals surface area (Å²) in [5.74, 6) is 0.850. The number of rotatable bonds is 3. The van der Waals surface area contributed by atoms with Crippen LogP contribution in [0.1, 0.15) is 38.5 Å². The maximum absolute atomic E-state index is 12.1. The summed E-state index contributed by atoms with van der Waals surface area (Å²) in [7, 11) is 0. The number of nitrogens with zero attached hydrogens (tertiary/aromatic N) is 1. The summed E-state index contributed by atoms with van der Waals surface area (Å²) < 4.78 is 0. The number of amides is 1. The summed E-state index contributed by atoms with van der Waals surface area (Å²) in [6.07, 6.45) is 7.42. The van der Waals surface area contributed by atoms with Gasteiger partial charge in [0.2, 0.25) is 5.91 Å². The molecule has 1 aliphatic heterocycles. The zero-order valence-corrected chi connectivity index (χ0v) is 11.9. The first-order valence-electron chi connectivity index (χ1n) is 7.02. The highest BCUT2D eigenvalue weighted by Gasteiger charge is 2.25. The number of carbonyl (C=O) groups excluding carboxylic acids is 1. The van der Waals surface area contributed by atoms with E-state index in [0.717, 1.165) is 32.6 Å². The Balaban J connectivity index is 0.00000162. The number of halogens is 1. The van der Waals surface area contributed by atoms with Crippen molar-refractivity contribution in [3.63, 3.8) is 0 Å². The SMILES string of the molecule is Cl.NC(CC1CCCCC1)C(=O)N1CCNCC1. The van der Waals surface area contributed by atoms with Crippen LogP contribution < -0.4 is 11.1 Å². The highest BCUT2D eigenvalue weighted by Crippen LogP contribution is 2.27. The minimum Gasteiger partial charge on any atom is -0.339 e. The molecule has 1 heterocycles. The summed E-state index contributed by atoms with van der Waals surface area (Å²) >= 11 is 0. The number of piperazine rings is 1. The fourth-order valence-electron chi connectivity index (χ4n) is 3.00. The molecule has 0 radical (unpaired) electrons. The monoisotopic (exact) mass is 275 g/mol. The van der Waals surface area contributed by atoms with E-state index in [-0.39, 0.29) is 24.4 Å². The van der Waals surface area contributed by atoms with Crippen LogP contribution in [0, 0.1) is 5.92 Å². The molecule has 2 fully saturated rings. The number of carbonyl (C=O) groups is 1. The van der Waals surface area contributed by atoms with Crippen molar-refractivity contribution in [1.29, 1.82) is 0 Å². The van der Waals surface area contributed by atoms with E-state index in [4.69, 9.17) is 5.73 Å². The summed E-state index contributed by atoms with van der Waals surface area (Å²) in [5.41, 5.74) is 6.07. The van der Waals surface area contributed by atoms with Gasteiger partial charge in [0.05, 0.1) is 6.04 Å². The average molecular weight is 276 g/mol. The van der Waals surface area contributed by atoms with Crippen LogP contribution in [-0.4, -0.2) is 43.0 Å². The molecule has 1 saturated heterocycles. The van der Waals surface area contributed by atoms with Gasteiger partial charge in [0, 0.05) is 26.2 Å². The van der Waals surface area contributed by atoms with Crippen molar-refractivity contribution in [2.24, 2.45) is 11.7 Å². The first kappa shape index (κ1) is 15.7. The van der Waals surface area contributed by atoms with Crippen molar-refractivity contribution in [2.75, 3.05) is 26.2 Å². The van der Waals surface area contributed by atoms with Crippen molar-refractivity contribution in [1.82, 2.24) is 10.2 Å². The largest absolute Gasteiger partial charge is 0.339 e. The molecule has 0 spiro atoms. The second kappa shape index (κ2) is 7.97. The van der Waals surface area contributed by atoms with Gasteiger partial charge in [-0.2, -0.15) is 0 Å². The Morgan fingerprint density at radius 2 is 1.83 bits per heavy atom. The third kappa shape index (κ3) is 4.41. The Bertz CT molecular complexity index is 251. The number of hydrogen-bond acceptors (Lipinski definition) is 3. The molecule has 1 amide bonds. The van der Waals surface area contributed by atoms with Gasteiger partial charge in [0.1, 0.15) is 0 Å². The first-order valence-corrected chi connectivity index (χ1v) is 7.02. The van der Waals surface area contributed by atoms with E-state index in [1.807, 2.05) is 4.90 Å². The quantitative estimate of drug-likeness (QED) is 0.812. The van der Waals surface area contributed by atoms with E-state index in [2.05, 4.69) is 5.32 Å². The Kier molecular flexibility index (Phi) is 6.97. The lowest BCUT2D eigenvalue weighted by molar-refractivity contribution is -0.133. The third-order valence-electron chi connectivity index (χ3n) is 4.06. The number of nitrogens with one attached hydrogen (secondary N) is 1. The molecule has 3 N–H and O–H groups in total. The molecule has 1 aliphatic carbocycles. The normalized spacial score (nSPS) is 23.3. The minimum atomic E-state index is -0.267. The minimum absolute atomic E-state index is 0. The zero-order chi connectivity index (χ0) is 12.1. The van der Waals surface area contributed by atoms with E-state index in [0.29, 0.717) is 5.92 Å². The smallest absolute Gasteiger partial charge is 0.239 e. The highest BCUT2D eigenvalue weighted by atomic mass is 35.5. The topological polar surface area (TPSA) is 58.4 Å². The van der Waals surface area contributed by atoms with Gasteiger partial charge in [-0.3, -0.25) is 4.79 Å². The molecule has 1 unspecified atom stereocenters. The van der Waals surface area contributed by atoms with Crippen molar-refractivity contribution in [2.45, 2.75) is 44.6 Å². The lowest BCUT2D eigenvalue weighted by atomic mass is 9.85.